The van der Waals surface area contributed by atoms with Crippen LogP contribution in [0, 0.1) is 6.92 Å². The summed E-state index contributed by atoms with van der Waals surface area (Å²) in [6.07, 6.45) is 17.2. The number of oxazole rings is 1. The standard InChI is InChI=1S/C29H30N6O4.C26H30N6O3.C25H29N7O3/c1-15(2)20-11-18(27(36)30-4)6-7-22(20)33-29-34-26-25(28(35-29)39-19-9-10-37-14-19)21(13-31-26)17-5-8-23-24(12-17)38-16(3)32-23;1-15(2)19-11-16(24(33)27-3)5-6-21(19)29-26-30-23-22(25(31-26)35-18-8-10-34-14-18)20(12-28-23)17-7-9-32(4)13-17;1-26-24(33)15-4-5-19(20(12-15)34-3)29-25-30-22-21(18(13-27-22)16-6-9-32(2)14-16)23(31-25)28-17-7-10-35-11-8-17/h5-8,11-13,15,19H,9-10,14H2,1-4H3,(H,30,36)(H2,31,33,34,35);5-7,9,11-13,15,18H,8,10,14H2,1-4H3,(H,27,33)(H2,28,29,30,31);4-6,9,12-14,17H,7-8,10-11H2,1-3H3,(H,26,33)(H3,27,28,29,30,31)/t19-;18-;/m00./s1. The molecule has 0 radical (unpaired) electrons. The van der Waals surface area contributed by atoms with Gasteiger partial charge in [0.15, 0.2) is 11.5 Å². The number of aromatic amines is 3. The van der Waals surface area contributed by atoms with Gasteiger partial charge in [-0.15, -0.1) is 0 Å². The zero-order valence-corrected chi connectivity index (χ0v) is 62.7. The molecule has 3 fully saturated rings. The fourth-order valence-corrected chi connectivity index (χ4v) is 13.6. The molecule has 3 aliphatic rings. The Balaban J connectivity index is 0.000000137. The Morgan fingerprint density at radius 2 is 0.972 bits per heavy atom. The van der Waals surface area contributed by atoms with Gasteiger partial charge in [0.25, 0.3) is 17.7 Å². The van der Waals surface area contributed by atoms with Crippen LogP contribution >= 0.6 is 0 Å². The second-order valence-electron chi connectivity index (χ2n) is 27.6. The number of rotatable bonds is 21. The average molecular weight is 1480 g/mol. The Bertz CT molecular complexity index is 5460. The fourth-order valence-electron chi connectivity index (χ4n) is 13.6. The molecule has 0 spiro atoms. The van der Waals surface area contributed by atoms with Crippen LogP contribution < -0.4 is 51.4 Å². The van der Waals surface area contributed by atoms with E-state index in [9.17, 15) is 14.4 Å². The molecule has 2 atom stereocenters. The molecular formula is C80H89N19O10. The van der Waals surface area contributed by atoms with Crippen molar-refractivity contribution in [1.29, 1.82) is 0 Å². The molecular weight excluding hydrogens is 1390 g/mol. The molecule has 29 heteroatoms. The molecule has 3 aliphatic heterocycles. The van der Waals surface area contributed by atoms with Crippen LogP contribution in [0.25, 0.3) is 77.6 Å². The maximum atomic E-state index is 12.2. The molecule has 0 saturated carbocycles. The summed E-state index contributed by atoms with van der Waals surface area (Å²) < 4.78 is 44.7. The molecule has 3 saturated heterocycles. The Kier molecular flexibility index (Phi) is 21.9. The van der Waals surface area contributed by atoms with Crippen molar-refractivity contribution in [2.75, 3.05) is 89.2 Å². The quantitative estimate of drug-likeness (QED) is 0.0319. The highest BCUT2D eigenvalue weighted by atomic mass is 16.6. The van der Waals surface area contributed by atoms with E-state index in [1.807, 2.05) is 104 Å². The summed E-state index contributed by atoms with van der Waals surface area (Å²) in [7, 11) is 10.4. The number of carbonyl (C=O) groups excluding carboxylic acids is 3. The van der Waals surface area contributed by atoms with E-state index < -0.39 is 0 Å². The lowest BCUT2D eigenvalue weighted by molar-refractivity contribution is 0.0904. The fraction of sp³-hybridized carbons (Fsp3) is 0.325. The number of hydrogen-bond donors (Lipinski definition) is 10. The molecule has 12 heterocycles. The van der Waals surface area contributed by atoms with Gasteiger partial charge in [-0.1, -0.05) is 33.8 Å². The van der Waals surface area contributed by atoms with Gasteiger partial charge in [0.05, 0.1) is 55.4 Å². The third-order valence-electron chi connectivity index (χ3n) is 19.3. The summed E-state index contributed by atoms with van der Waals surface area (Å²) in [6, 6.07) is 26.6. The summed E-state index contributed by atoms with van der Waals surface area (Å²) in [5.74, 6) is 4.02. The molecule has 16 rings (SSSR count). The maximum absolute atomic E-state index is 12.2. The van der Waals surface area contributed by atoms with Crippen LogP contribution in [0.4, 0.5) is 40.7 Å². The third-order valence-corrected chi connectivity index (χ3v) is 19.3. The Labute approximate surface area is 628 Å². The Hall–Kier alpha value is -12.3. The second kappa shape index (κ2) is 32.4. The molecule has 0 aliphatic carbocycles. The lowest BCUT2D eigenvalue weighted by Crippen LogP contribution is -2.28. The van der Waals surface area contributed by atoms with E-state index in [1.54, 1.807) is 58.6 Å². The molecule has 0 unspecified atom stereocenters. The zero-order valence-electron chi connectivity index (χ0n) is 62.7. The van der Waals surface area contributed by atoms with Crippen molar-refractivity contribution in [2.24, 2.45) is 14.1 Å². The number of nitrogens with one attached hydrogen (secondary N) is 10. The number of benzene rings is 4. The number of anilines is 7. The number of ether oxygens (including phenoxy) is 6. The monoisotopic (exact) mass is 1480 g/mol. The average Bonchev–Trinajstić information content (AvgIpc) is 1.67. The van der Waals surface area contributed by atoms with Gasteiger partial charge in [-0.25, -0.2) is 4.98 Å². The van der Waals surface area contributed by atoms with Gasteiger partial charge in [-0.05, 0) is 120 Å². The van der Waals surface area contributed by atoms with E-state index in [0.29, 0.717) is 107 Å². The number of aromatic nitrogens is 12. The van der Waals surface area contributed by atoms with E-state index in [-0.39, 0.29) is 47.8 Å². The summed E-state index contributed by atoms with van der Waals surface area (Å²) >= 11 is 0. The predicted octanol–water partition coefficient (Wildman–Crippen LogP) is 13.5. The first-order valence-corrected chi connectivity index (χ1v) is 36.4. The number of hydrogen-bond acceptors (Lipinski definition) is 21. The van der Waals surface area contributed by atoms with Crippen molar-refractivity contribution in [1.82, 2.24) is 74.9 Å². The molecule has 0 bridgehead atoms. The van der Waals surface area contributed by atoms with Gasteiger partial charge in [0.2, 0.25) is 29.6 Å². The smallest absolute Gasteiger partial charge is 0.251 e. The lowest BCUT2D eigenvalue weighted by atomic mass is 9.98. The first-order valence-electron chi connectivity index (χ1n) is 36.4. The van der Waals surface area contributed by atoms with Crippen molar-refractivity contribution in [3.63, 3.8) is 0 Å². The molecule has 29 nitrogen and oxygen atoms in total. The van der Waals surface area contributed by atoms with Crippen molar-refractivity contribution < 1.29 is 47.2 Å². The van der Waals surface area contributed by atoms with Crippen LogP contribution in [0.2, 0.25) is 0 Å². The largest absolute Gasteiger partial charge is 0.495 e. The first-order chi connectivity index (χ1) is 52.9. The van der Waals surface area contributed by atoms with Crippen LogP contribution in [0.3, 0.4) is 0 Å². The van der Waals surface area contributed by atoms with E-state index in [0.717, 1.165) is 128 Å². The van der Waals surface area contributed by atoms with Gasteiger partial charge in [-0.3, -0.25) is 14.4 Å². The molecule has 4 aromatic carbocycles. The molecule has 3 amide bonds. The minimum Gasteiger partial charge on any atom is -0.495 e. The number of amides is 3. The van der Waals surface area contributed by atoms with Gasteiger partial charge < -0.3 is 94.1 Å². The van der Waals surface area contributed by atoms with Crippen molar-refractivity contribution in [3.8, 4) is 50.9 Å². The SMILES string of the molecule is CNC(=O)c1ccc(Nc2nc(NC3CCOCC3)c3c(-c4ccn(C)c4)c[nH]c3n2)c(OC)c1.CNC(=O)c1ccc(Nc2nc(O[C@H]3CCOC3)c3c(-c4ccc5nc(C)oc5c4)c[nH]c3n2)c(C(C)C)c1.CNC(=O)c1ccc(Nc2nc(O[C@H]3CCOC3)c3c(-c4ccn(C)c4)c[nH]c3n2)c(C(C)C)c1. The summed E-state index contributed by atoms with van der Waals surface area (Å²) in [6.45, 7) is 14.0. The molecule has 10 N–H and O–H groups in total. The second-order valence-corrected chi connectivity index (χ2v) is 27.6. The van der Waals surface area contributed by atoms with E-state index in [2.05, 4.69) is 109 Å². The van der Waals surface area contributed by atoms with Crippen LogP contribution in [0.1, 0.15) is 113 Å². The van der Waals surface area contributed by atoms with Gasteiger partial charge in [0.1, 0.15) is 46.2 Å². The van der Waals surface area contributed by atoms with Gasteiger partial charge in [0, 0.05) is 174 Å². The molecule has 13 aromatic rings. The minimum absolute atomic E-state index is 0.0578. The lowest BCUT2D eigenvalue weighted by Gasteiger charge is -2.24. The van der Waals surface area contributed by atoms with Crippen molar-refractivity contribution in [2.45, 2.75) is 90.4 Å². The maximum Gasteiger partial charge on any atom is 0.251 e. The highest BCUT2D eigenvalue weighted by Gasteiger charge is 2.28. The minimum atomic E-state index is -0.185. The number of H-pyrrole nitrogens is 3. The highest BCUT2D eigenvalue weighted by molar-refractivity contribution is 6.03. The zero-order chi connectivity index (χ0) is 76.0. The number of carbonyl (C=O) groups is 3. The number of aryl methyl sites for hydroxylation is 3. The Morgan fingerprint density at radius 1 is 0.514 bits per heavy atom. The summed E-state index contributed by atoms with van der Waals surface area (Å²) in [5, 5.41) is 24.2. The summed E-state index contributed by atoms with van der Waals surface area (Å²) in [4.78, 5) is 79.5. The predicted molar refractivity (Wildman–Crippen MR) is 419 cm³/mol. The number of nitrogens with zero attached hydrogens (tertiary/aromatic N) is 9. The van der Waals surface area contributed by atoms with E-state index in [1.165, 1.54) is 0 Å². The molecule has 9 aromatic heterocycles. The normalized spacial score (nSPS) is 15.1. The van der Waals surface area contributed by atoms with E-state index >= 15 is 0 Å². The van der Waals surface area contributed by atoms with Crippen molar-refractivity contribution in [3.05, 3.63) is 162 Å². The molecule has 564 valence electrons. The van der Waals surface area contributed by atoms with Crippen LogP contribution in [-0.2, 0) is 28.3 Å². The first kappa shape index (κ1) is 73.6. The number of fused-ring (bicyclic) bond motifs is 4. The topological polar surface area (TPSA) is 351 Å². The van der Waals surface area contributed by atoms with E-state index in [4.69, 9.17) is 62.7 Å². The summed E-state index contributed by atoms with van der Waals surface area (Å²) in [5.41, 5.74) is 15.6. The third kappa shape index (κ3) is 16.3. The molecule has 109 heavy (non-hydrogen) atoms. The van der Waals surface area contributed by atoms with Gasteiger partial charge in [-0.2, -0.15) is 29.9 Å². The van der Waals surface area contributed by atoms with Crippen LogP contribution in [0.15, 0.2) is 133 Å². The highest BCUT2D eigenvalue weighted by Crippen LogP contribution is 2.41. The van der Waals surface area contributed by atoms with Gasteiger partial charge >= 0.3 is 0 Å². The number of methoxy groups -OCH3 is 1. The van der Waals surface area contributed by atoms with Crippen LogP contribution in [-0.4, -0.2) is 163 Å². The van der Waals surface area contributed by atoms with Crippen molar-refractivity contribution >= 4 is 103 Å². The van der Waals surface area contributed by atoms with Crippen LogP contribution in [0.5, 0.6) is 17.5 Å². The Morgan fingerprint density at radius 3 is 1.44 bits per heavy atom.